The summed E-state index contributed by atoms with van der Waals surface area (Å²) in [5.74, 6) is 0.966. The Balaban J connectivity index is 1.84. The summed E-state index contributed by atoms with van der Waals surface area (Å²) in [6.45, 7) is 2.93. The first-order chi connectivity index (χ1) is 8.16. The summed E-state index contributed by atoms with van der Waals surface area (Å²) < 4.78 is 1.90. The van der Waals surface area contributed by atoms with E-state index in [-0.39, 0.29) is 0 Å². The quantitative estimate of drug-likeness (QED) is 0.905. The van der Waals surface area contributed by atoms with Gasteiger partial charge in [-0.05, 0) is 24.8 Å². The van der Waals surface area contributed by atoms with Crippen LogP contribution in [0.2, 0.25) is 5.15 Å². The van der Waals surface area contributed by atoms with Crippen LogP contribution in [0, 0.1) is 0 Å². The van der Waals surface area contributed by atoms with Crippen LogP contribution in [0.1, 0.15) is 17.6 Å². The minimum Gasteiger partial charge on any atom is -0.321 e. The van der Waals surface area contributed by atoms with Crippen molar-refractivity contribution in [3.63, 3.8) is 0 Å². The predicted molar refractivity (Wildman–Crippen MR) is 72.5 cm³/mol. The van der Waals surface area contributed by atoms with Crippen molar-refractivity contribution in [2.45, 2.75) is 25.9 Å². The van der Waals surface area contributed by atoms with Gasteiger partial charge in [0.1, 0.15) is 11.0 Å². The van der Waals surface area contributed by atoms with Gasteiger partial charge in [0.25, 0.3) is 0 Å². The van der Waals surface area contributed by atoms with Crippen molar-refractivity contribution in [2.24, 2.45) is 7.05 Å². The number of nitrogens with zero attached hydrogens (tertiary/aromatic N) is 2. The minimum absolute atomic E-state index is 0.434. The second-order valence-electron chi connectivity index (χ2n) is 4.12. The molecule has 2 aromatic rings. The van der Waals surface area contributed by atoms with Gasteiger partial charge in [-0.3, -0.25) is 0 Å². The Hall–Kier alpha value is -0.840. The molecule has 1 atom stereocenters. The fourth-order valence-corrected chi connectivity index (χ4v) is 2.64. The highest BCUT2D eigenvalue weighted by Gasteiger charge is 2.07. The Labute approximate surface area is 110 Å². The van der Waals surface area contributed by atoms with Gasteiger partial charge < -0.3 is 9.88 Å². The van der Waals surface area contributed by atoms with Crippen LogP contribution in [0.25, 0.3) is 0 Å². The Morgan fingerprint density at radius 3 is 3.00 bits per heavy atom. The second kappa shape index (κ2) is 5.67. The largest absolute Gasteiger partial charge is 0.321 e. The molecule has 0 bridgehead atoms. The second-order valence-corrected chi connectivity index (χ2v) is 5.54. The molecule has 0 radical (unpaired) electrons. The number of hydrogen-bond acceptors (Lipinski definition) is 3. The molecule has 2 heterocycles. The number of nitrogens with one attached hydrogen (secondary N) is 1. The number of halogens is 1. The van der Waals surface area contributed by atoms with Gasteiger partial charge in [0, 0.05) is 18.0 Å². The van der Waals surface area contributed by atoms with Crippen LogP contribution in [0.5, 0.6) is 0 Å². The number of aromatic nitrogens is 2. The van der Waals surface area contributed by atoms with Crippen molar-refractivity contribution in [3.05, 3.63) is 39.6 Å². The van der Waals surface area contributed by atoms with E-state index in [0.29, 0.717) is 11.2 Å². The molecular weight excluding hydrogens is 254 g/mol. The third-order valence-corrected chi connectivity index (χ3v) is 3.97. The minimum atomic E-state index is 0.434. The summed E-state index contributed by atoms with van der Waals surface area (Å²) in [6.07, 6.45) is 2.73. The molecular formula is C12H16ClN3S. The van der Waals surface area contributed by atoms with Crippen molar-refractivity contribution >= 4 is 22.9 Å². The van der Waals surface area contributed by atoms with Gasteiger partial charge >= 0.3 is 0 Å². The van der Waals surface area contributed by atoms with Crippen molar-refractivity contribution in [2.75, 3.05) is 0 Å². The lowest BCUT2D eigenvalue weighted by Crippen LogP contribution is -2.28. The van der Waals surface area contributed by atoms with Crippen LogP contribution in [-0.4, -0.2) is 15.6 Å². The van der Waals surface area contributed by atoms with E-state index in [4.69, 9.17) is 11.6 Å². The zero-order valence-corrected chi connectivity index (χ0v) is 11.6. The molecule has 3 nitrogen and oxygen atoms in total. The topological polar surface area (TPSA) is 29.9 Å². The average molecular weight is 270 g/mol. The molecule has 0 aliphatic carbocycles. The van der Waals surface area contributed by atoms with E-state index in [1.165, 1.54) is 4.88 Å². The molecule has 0 aliphatic rings. The molecule has 2 aromatic heterocycles. The van der Waals surface area contributed by atoms with E-state index in [1.54, 1.807) is 17.5 Å². The average Bonchev–Trinajstić information content (AvgIpc) is 2.90. The Bertz CT molecular complexity index is 464. The highest BCUT2D eigenvalue weighted by molar-refractivity contribution is 7.09. The molecule has 17 heavy (non-hydrogen) atoms. The van der Waals surface area contributed by atoms with Crippen LogP contribution < -0.4 is 5.32 Å². The monoisotopic (exact) mass is 269 g/mol. The van der Waals surface area contributed by atoms with Crippen LogP contribution >= 0.6 is 22.9 Å². The van der Waals surface area contributed by atoms with E-state index < -0.39 is 0 Å². The summed E-state index contributed by atoms with van der Waals surface area (Å²) in [4.78, 5) is 5.66. The normalized spacial score (nSPS) is 12.9. The van der Waals surface area contributed by atoms with Crippen LogP contribution in [0.4, 0.5) is 0 Å². The van der Waals surface area contributed by atoms with Gasteiger partial charge in [-0.25, -0.2) is 4.98 Å². The van der Waals surface area contributed by atoms with Crippen LogP contribution in [-0.2, 0) is 20.0 Å². The highest BCUT2D eigenvalue weighted by Crippen LogP contribution is 2.12. The number of rotatable bonds is 5. The molecule has 92 valence electrons. The molecule has 0 aromatic carbocycles. The van der Waals surface area contributed by atoms with Gasteiger partial charge in [0.2, 0.25) is 0 Å². The maximum atomic E-state index is 5.93. The van der Waals surface area contributed by atoms with E-state index in [1.807, 2.05) is 11.6 Å². The SMILES string of the molecule is CC(Cc1cccs1)NCc1ncc(Cl)n1C. The predicted octanol–water partition coefficient (Wildman–Crippen LogP) is 2.86. The lowest BCUT2D eigenvalue weighted by molar-refractivity contribution is 0.528. The third-order valence-electron chi connectivity index (χ3n) is 2.72. The zero-order chi connectivity index (χ0) is 12.3. The summed E-state index contributed by atoms with van der Waals surface area (Å²) in [5.41, 5.74) is 0. The first-order valence-corrected chi connectivity index (χ1v) is 6.84. The Kier molecular flexibility index (Phi) is 4.20. The van der Waals surface area contributed by atoms with Crippen molar-refractivity contribution in [3.8, 4) is 0 Å². The van der Waals surface area contributed by atoms with Gasteiger partial charge in [0.05, 0.1) is 12.7 Å². The molecule has 0 saturated heterocycles. The first kappa shape index (κ1) is 12.6. The molecule has 0 spiro atoms. The zero-order valence-electron chi connectivity index (χ0n) is 9.98. The standard InChI is InChI=1S/C12H16ClN3S/c1-9(6-10-4-3-5-17-10)14-8-12-15-7-11(13)16(12)2/h3-5,7,9,14H,6,8H2,1-2H3. The fraction of sp³-hybridized carbons (Fsp3) is 0.417. The molecule has 2 rings (SSSR count). The number of thiophene rings is 1. The van der Waals surface area contributed by atoms with E-state index in [9.17, 15) is 0 Å². The maximum Gasteiger partial charge on any atom is 0.128 e. The number of imidazole rings is 1. The highest BCUT2D eigenvalue weighted by atomic mass is 35.5. The lowest BCUT2D eigenvalue weighted by atomic mass is 10.2. The molecule has 0 fully saturated rings. The lowest BCUT2D eigenvalue weighted by Gasteiger charge is -2.12. The molecule has 0 aliphatic heterocycles. The first-order valence-electron chi connectivity index (χ1n) is 5.58. The van der Waals surface area contributed by atoms with Gasteiger partial charge in [-0.1, -0.05) is 17.7 Å². The Morgan fingerprint density at radius 2 is 2.41 bits per heavy atom. The number of hydrogen-bond donors (Lipinski definition) is 1. The summed E-state index contributed by atoms with van der Waals surface area (Å²) in [6, 6.07) is 4.69. The smallest absolute Gasteiger partial charge is 0.128 e. The van der Waals surface area contributed by atoms with Crippen LogP contribution in [0.3, 0.4) is 0 Å². The van der Waals surface area contributed by atoms with Gasteiger partial charge in [-0.15, -0.1) is 11.3 Å². The summed E-state index contributed by atoms with van der Waals surface area (Å²) in [5, 5.41) is 6.24. The van der Waals surface area contributed by atoms with E-state index in [2.05, 4.69) is 34.7 Å². The van der Waals surface area contributed by atoms with E-state index in [0.717, 1.165) is 18.8 Å². The third kappa shape index (κ3) is 3.31. The fourth-order valence-electron chi connectivity index (χ4n) is 1.66. The molecule has 0 saturated carbocycles. The van der Waals surface area contributed by atoms with Crippen molar-refractivity contribution in [1.82, 2.24) is 14.9 Å². The van der Waals surface area contributed by atoms with Crippen LogP contribution in [0.15, 0.2) is 23.7 Å². The molecule has 5 heteroatoms. The summed E-state index contributed by atoms with van der Waals surface area (Å²) >= 11 is 7.73. The Morgan fingerprint density at radius 1 is 1.59 bits per heavy atom. The van der Waals surface area contributed by atoms with Gasteiger partial charge in [0.15, 0.2) is 0 Å². The molecule has 1 unspecified atom stereocenters. The molecule has 1 N–H and O–H groups in total. The van der Waals surface area contributed by atoms with Gasteiger partial charge in [-0.2, -0.15) is 0 Å². The summed E-state index contributed by atoms with van der Waals surface area (Å²) in [7, 11) is 1.93. The maximum absolute atomic E-state index is 5.93. The molecule has 0 amide bonds. The van der Waals surface area contributed by atoms with Crippen molar-refractivity contribution < 1.29 is 0 Å². The van der Waals surface area contributed by atoms with E-state index >= 15 is 0 Å². The van der Waals surface area contributed by atoms with Crippen molar-refractivity contribution in [1.29, 1.82) is 0 Å².